The van der Waals surface area contributed by atoms with Crippen LogP contribution < -0.4 is 9.80 Å². The van der Waals surface area contributed by atoms with Crippen molar-refractivity contribution in [2.24, 2.45) is 5.92 Å². The zero-order valence-electron chi connectivity index (χ0n) is 18.5. The van der Waals surface area contributed by atoms with Crippen molar-refractivity contribution in [2.75, 3.05) is 35.7 Å². The highest BCUT2D eigenvalue weighted by Gasteiger charge is 2.38. The minimum atomic E-state index is -4.72. The number of hydrogen-bond acceptors (Lipinski definition) is 8. The first kappa shape index (κ1) is 25.2. The molecule has 2 N–H and O–H groups in total. The van der Waals surface area contributed by atoms with Crippen molar-refractivity contribution in [1.82, 2.24) is 9.97 Å². The van der Waals surface area contributed by atoms with E-state index in [1.807, 2.05) is 18.7 Å². The minimum Gasteiger partial charge on any atom is -0.392 e. The molecular formula is C21H27F3N4O4S. The molecule has 0 spiro atoms. The molecule has 1 saturated heterocycles. The highest BCUT2D eigenvalue weighted by atomic mass is 32.2. The molecular weight excluding hydrogens is 461 g/mol. The third-order valence-corrected chi connectivity index (χ3v) is 6.90. The average molecular weight is 489 g/mol. The standard InChI is InChI=1S/C21H27F3N4O4S/c1-13(2)17-10-27(16-5-4-14(11-29)18(8-16)33(3,31)32)6-7-28(17)20-25-9-15(12-30)19(26-20)21(22,23)24/h4-5,8-9,13,17,29-30H,6-7,10-12H2,1-3H3. The Morgan fingerprint density at radius 1 is 1.15 bits per heavy atom. The van der Waals surface area contributed by atoms with E-state index in [9.17, 15) is 31.8 Å². The SMILES string of the molecule is CC(C)C1CN(c2ccc(CO)c(S(C)(=O)=O)c2)CCN1c1ncc(CO)c(C(F)(F)F)n1. The molecule has 12 heteroatoms. The summed E-state index contributed by atoms with van der Waals surface area (Å²) in [5.41, 5.74) is -0.594. The van der Waals surface area contributed by atoms with Gasteiger partial charge >= 0.3 is 6.18 Å². The summed E-state index contributed by atoms with van der Waals surface area (Å²) in [6.07, 6.45) is -2.64. The molecule has 0 saturated carbocycles. The predicted octanol–water partition coefficient (Wildman–Crippen LogP) is 2.23. The fourth-order valence-corrected chi connectivity index (χ4v) is 4.92. The molecule has 1 atom stereocenters. The van der Waals surface area contributed by atoms with Crippen LogP contribution in [0.1, 0.15) is 30.7 Å². The van der Waals surface area contributed by atoms with E-state index in [2.05, 4.69) is 9.97 Å². The zero-order valence-corrected chi connectivity index (χ0v) is 19.4. The molecule has 0 radical (unpaired) electrons. The Bertz CT molecular complexity index is 1110. The van der Waals surface area contributed by atoms with E-state index in [1.165, 1.54) is 6.07 Å². The van der Waals surface area contributed by atoms with Crippen molar-refractivity contribution in [1.29, 1.82) is 0 Å². The Morgan fingerprint density at radius 3 is 2.36 bits per heavy atom. The van der Waals surface area contributed by atoms with Crippen LogP contribution in [0.5, 0.6) is 0 Å². The molecule has 0 amide bonds. The molecule has 3 rings (SSSR count). The van der Waals surface area contributed by atoms with Gasteiger partial charge < -0.3 is 20.0 Å². The van der Waals surface area contributed by atoms with Gasteiger partial charge in [-0.25, -0.2) is 18.4 Å². The highest BCUT2D eigenvalue weighted by molar-refractivity contribution is 7.90. The Labute approximate surface area is 190 Å². The summed E-state index contributed by atoms with van der Waals surface area (Å²) in [4.78, 5) is 11.5. The predicted molar refractivity (Wildman–Crippen MR) is 117 cm³/mol. The summed E-state index contributed by atoms with van der Waals surface area (Å²) < 4.78 is 64.6. The van der Waals surface area contributed by atoms with Gasteiger partial charge in [0.1, 0.15) is 0 Å². The average Bonchev–Trinajstić information content (AvgIpc) is 2.76. The number of piperazine rings is 1. The number of anilines is 2. The summed E-state index contributed by atoms with van der Waals surface area (Å²) in [5.74, 6) is -0.0420. The van der Waals surface area contributed by atoms with Crippen LogP contribution in [0, 0.1) is 5.92 Å². The molecule has 0 bridgehead atoms. The first-order valence-corrected chi connectivity index (χ1v) is 12.2. The van der Waals surface area contributed by atoms with Gasteiger partial charge in [-0.1, -0.05) is 19.9 Å². The molecule has 1 fully saturated rings. The molecule has 0 aliphatic carbocycles. The van der Waals surface area contributed by atoms with Crippen molar-refractivity contribution < 1.29 is 31.8 Å². The molecule has 1 aromatic heterocycles. The van der Waals surface area contributed by atoms with E-state index in [0.29, 0.717) is 30.9 Å². The van der Waals surface area contributed by atoms with Gasteiger partial charge in [0.25, 0.3) is 0 Å². The molecule has 1 aromatic carbocycles. The van der Waals surface area contributed by atoms with Crippen molar-refractivity contribution >= 4 is 21.5 Å². The normalized spacial score (nSPS) is 17.7. The van der Waals surface area contributed by atoms with E-state index >= 15 is 0 Å². The number of hydrogen-bond donors (Lipinski definition) is 2. The molecule has 8 nitrogen and oxygen atoms in total. The quantitative estimate of drug-likeness (QED) is 0.638. The van der Waals surface area contributed by atoms with Crippen molar-refractivity contribution in [3.63, 3.8) is 0 Å². The van der Waals surface area contributed by atoms with E-state index in [0.717, 1.165) is 12.5 Å². The summed E-state index contributed by atoms with van der Waals surface area (Å²) in [7, 11) is -3.56. The summed E-state index contributed by atoms with van der Waals surface area (Å²) in [6, 6.07) is 4.55. The monoisotopic (exact) mass is 488 g/mol. The third kappa shape index (κ3) is 5.39. The van der Waals surface area contributed by atoms with E-state index in [1.54, 1.807) is 17.0 Å². The maximum Gasteiger partial charge on any atom is 0.433 e. The van der Waals surface area contributed by atoms with Gasteiger partial charge in [0, 0.05) is 43.3 Å². The van der Waals surface area contributed by atoms with Gasteiger partial charge in [-0.05, 0) is 23.6 Å². The fraction of sp³-hybridized carbons (Fsp3) is 0.524. The topological polar surface area (TPSA) is 107 Å². The number of nitrogens with zero attached hydrogens (tertiary/aromatic N) is 4. The van der Waals surface area contributed by atoms with Gasteiger partial charge in [0.05, 0.1) is 24.2 Å². The Kier molecular flexibility index (Phi) is 7.20. The van der Waals surface area contributed by atoms with Gasteiger partial charge in [0.2, 0.25) is 5.95 Å². The summed E-state index contributed by atoms with van der Waals surface area (Å²) in [5, 5.41) is 18.7. The second-order valence-electron chi connectivity index (χ2n) is 8.37. The first-order chi connectivity index (χ1) is 15.4. The largest absolute Gasteiger partial charge is 0.433 e. The fourth-order valence-electron chi connectivity index (χ4n) is 3.98. The van der Waals surface area contributed by atoms with Crippen LogP contribution >= 0.6 is 0 Å². The third-order valence-electron chi connectivity index (χ3n) is 5.72. The van der Waals surface area contributed by atoms with Crippen LogP contribution in [-0.2, 0) is 29.2 Å². The smallest absolute Gasteiger partial charge is 0.392 e. The lowest BCUT2D eigenvalue weighted by atomic mass is 9.99. The van der Waals surface area contributed by atoms with Crippen molar-refractivity contribution in [3.05, 3.63) is 41.2 Å². The number of aromatic nitrogens is 2. The maximum atomic E-state index is 13.4. The lowest BCUT2D eigenvalue weighted by Crippen LogP contribution is -2.56. The molecule has 1 unspecified atom stereocenters. The van der Waals surface area contributed by atoms with Crippen LogP contribution in [0.2, 0.25) is 0 Å². The van der Waals surface area contributed by atoms with Crippen molar-refractivity contribution in [3.8, 4) is 0 Å². The molecule has 1 aliphatic rings. The second kappa shape index (κ2) is 9.43. The van der Waals surface area contributed by atoms with Crippen LogP contribution in [-0.4, -0.2) is 60.5 Å². The van der Waals surface area contributed by atoms with E-state index in [-0.39, 0.29) is 28.4 Å². The lowest BCUT2D eigenvalue weighted by molar-refractivity contribution is -0.142. The number of benzene rings is 1. The van der Waals surface area contributed by atoms with Crippen LogP contribution in [0.3, 0.4) is 0 Å². The number of rotatable bonds is 6. The van der Waals surface area contributed by atoms with Crippen LogP contribution in [0.25, 0.3) is 0 Å². The zero-order chi connectivity index (χ0) is 24.6. The molecule has 33 heavy (non-hydrogen) atoms. The summed E-state index contributed by atoms with van der Waals surface area (Å²) >= 11 is 0. The molecule has 182 valence electrons. The second-order valence-corrected chi connectivity index (χ2v) is 10.4. The summed E-state index contributed by atoms with van der Waals surface area (Å²) in [6.45, 7) is 3.77. The number of aliphatic hydroxyl groups is 2. The maximum absolute atomic E-state index is 13.4. The Balaban J connectivity index is 1.94. The minimum absolute atomic E-state index is 0.0225. The first-order valence-electron chi connectivity index (χ1n) is 10.4. The Morgan fingerprint density at radius 2 is 1.82 bits per heavy atom. The van der Waals surface area contributed by atoms with Crippen molar-refractivity contribution in [2.45, 2.75) is 44.2 Å². The number of sulfone groups is 1. The number of alkyl halides is 3. The van der Waals surface area contributed by atoms with Gasteiger partial charge in [-0.2, -0.15) is 13.2 Å². The van der Waals surface area contributed by atoms with Gasteiger partial charge in [0.15, 0.2) is 15.5 Å². The number of halogens is 3. The van der Waals surface area contributed by atoms with Gasteiger partial charge in [-0.3, -0.25) is 0 Å². The van der Waals surface area contributed by atoms with Gasteiger partial charge in [-0.15, -0.1) is 0 Å². The molecule has 1 aliphatic heterocycles. The van der Waals surface area contributed by atoms with Crippen LogP contribution in [0.15, 0.2) is 29.3 Å². The van der Waals surface area contributed by atoms with E-state index in [4.69, 9.17) is 0 Å². The number of aliphatic hydroxyl groups excluding tert-OH is 2. The Hall–Kier alpha value is -2.44. The van der Waals surface area contributed by atoms with Crippen LogP contribution in [0.4, 0.5) is 24.8 Å². The lowest BCUT2D eigenvalue weighted by Gasteiger charge is -2.44. The molecule has 2 aromatic rings. The highest BCUT2D eigenvalue weighted by Crippen LogP contribution is 2.33. The molecule has 2 heterocycles. The van der Waals surface area contributed by atoms with E-state index < -0.39 is 34.9 Å².